The van der Waals surface area contributed by atoms with Crippen LogP contribution in [-0.4, -0.2) is 34.7 Å². The van der Waals surface area contributed by atoms with E-state index in [0.717, 1.165) is 18.2 Å². The molecule has 196 valence electrons. The fraction of sp³-hybridized carbons (Fsp3) is 0.278. The minimum Gasteiger partial charge on any atom is -0.399 e. The summed E-state index contributed by atoms with van der Waals surface area (Å²) in [5.41, 5.74) is 3.63. The number of nitrogens with one attached hydrogen (secondary N) is 1. The first kappa shape index (κ1) is 28.9. The minimum atomic E-state index is -7.32. The lowest BCUT2D eigenvalue weighted by Crippen LogP contribution is -2.60. The Morgan fingerprint density at radius 1 is 0.771 bits per heavy atom. The van der Waals surface area contributed by atoms with Crippen LogP contribution in [0.2, 0.25) is 0 Å². The van der Waals surface area contributed by atoms with Gasteiger partial charge in [-0.3, -0.25) is 4.79 Å². The molecular weight excluding hydrogens is 600 g/mol. The van der Waals surface area contributed by atoms with Gasteiger partial charge in [0.2, 0.25) is 0 Å². The molecule has 1 amide bonds. The van der Waals surface area contributed by atoms with Gasteiger partial charge < -0.3 is 11.1 Å². The van der Waals surface area contributed by atoms with Crippen LogP contribution in [0.3, 0.4) is 0 Å². The monoisotopic (exact) mass is 610 g/mol. The van der Waals surface area contributed by atoms with E-state index in [9.17, 15) is 53.1 Å². The van der Waals surface area contributed by atoms with Gasteiger partial charge >= 0.3 is 28.8 Å². The van der Waals surface area contributed by atoms with Crippen LogP contribution in [0.25, 0.3) is 0 Å². The molecule has 2 aromatic carbocycles. The highest BCUT2D eigenvalue weighted by Gasteiger charge is 2.88. The Bertz CT molecular complexity index is 1090. The lowest BCUT2D eigenvalue weighted by molar-refractivity contribution is -0.308. The second-order valence-corrected chi connectivity index (χ2v) is 12.2. The maximum atomic E-state index is 15.1. The molecule has 2 rings (SSSR count). The van der Waals surface area contributed by atoms with Crippen molar-refractivity contribution in [3.63, 3.8) is 0 Å². The quantitative estimate of drug-likeness (QED) is 0.267. The van der Waals surface area contributed by atoms with Crippen molar-refractivity contribution in [3.05, 3.63) is 54.1 Å². The molecule has 0 fully saturated rings. The summed E-state index contributed by atoms with van der Waals surface area (Å²) in [6.07, 6.45) is -21.7. The number of hydrogen-bond donors (Lipinski definition) is 2. The molecule has 0 aliphatic heterocycles. The third-order valence-corrected chi connectivity index (χ3v) is 11.1. The summed E-state index contributed by atoms with van der Waals surface area (Å²) in [4.78, 5) is 10.3. The fourth-order valence-corrected chi connectivity index (χ4v) is 7.87. The maximum Gasteiger partial charge on any atom is 0.463 e. The average molecular weight is 611 g/mol. The van der Waals surface area contributed by atoms with E-state index < -0.39 is 59.3 Å². The number of nitrogens with two attached hydrogens (primary N) is 1. The van der Waals surface area contributed by atoms with Gasteiger partial charge in [-0.05, 0) is 53.6 Å². The number of amides is 1. The van der Waals surface area contributed by atoms with E-state index in [2.05, 4.69) is 0 Å². The number of carbonyl (C=O) groups is 1. The fourth-order valence-electron chi connectivity index (χ4n) is 2.79. The highest BCUT2D eigenvalue weighted by molar-refractivity contribution is 9.58. The Morgan fingerprint density at radius 2 is 1.29 bits per heavy atom. The topological polar surface area (TPSA) is 55.1 Å². The summed E-state index contributed by atoms with van der Waals surface area (Å²) >= 11 is 1.28. The van der Waals surface area contributed by atoms with Crippen molar-refractivity contribution >= 4 is 40.6 Å². The highest BCUT2D eigenvalue weighted by Crippen LogP contribution is 2.88. The zero-order chi connectivity index (χ0) is 27.3. The van der Waals surface area contributed by atoms with E-state index in [1.54, 1.807) is 5.32 Å². The molecule has 0 aliphatic carbocycles. The molecule has 17 heteroatoms. The zero-order valence-electron chi connectivity index (χ0n) is 16.4. The van der Waals surface area contributed by atoms with Crippen LogP contribution in [0.1, 0.15) is 10.4 Å². The molecule has 0 aliphatic rings. The maximum absolute atomic E-state index is 15.1. The third-order valence-electron chi connectivity index (χ3n) is 4.39. The zero-order valence-corrected chi connectivity index (χ0v) is 18.8. The number of alkyl halides is 12. The van der Waals surface area contributed by atoms with Gasteiger partial charge in [0.15, 0.2) is 0 Å². The Kier molecular flexibility index (Phi) is 7.42. The summed E-state index contributed by atoms with van der Waals surface area (Å²) in [5, 5.41) is -12.4. The molecule has 3 N–H and O–H groups in total. The molecule has 3 nitrogen and oxygen atoms in total. The van der Waals surface area contributed by atoms with E-state index in [1.807, 2.05) is 0 Å². The molecule has 0 saturated carbocycles. The first-order valence-electron chi connectivity index (χ1n) is 8.68. The second kappa shape index (κ2) is 8.97. The first-order valence-corrected chi connectivity index (χ1v) is 12.2. The van der Waals surface area contributed by atoms with Gasteiger partial charge in [-0.25, -0.2) is 4.39 Å². The van der Waals surface area contributed by atoms with Crippen LogP contribution in [0, 0.1) is 0 Å². The molecule has 0 aromatic heterocycles. The molecule has 0 radical (unpaired) electrons. The number of halogens is 13. The van der Waals surface area contributed by atoms with E-state index in [0.29, 0.717) is 12.1 Å². The van der Waals surface area contributed by atoms with Crippen LogP contribution in [0.4, 0.5) is 64.1 Å². The van der Waals surface area contributed by atoms with Gasteiger partial charge in [-0.1, -0.05) is 18.2 Å². The van der Waals surface area contributed by atoms with Crippen molar-refractivity contribution in [2.45, 2.75) is 33.7 Å². The molecule has 1 atom stereocenters. The third kappa shape index (κ3) is 4.63. The van der Waals surface area contributed by atoms with Crippen molar-refractivity contribution in [3.8, 4) is 0 Å². The van der Waals surface area contributed by atoms with E-state index in [4.69, 9.17) is 5.73 Å². The van der Waals surface area contributed by atoms with Crippen LogP contribution in [0.5, 0.6) is 0 Å². The predicted octanol–water partition coefficient (Wildman–Crippen LogP) is 7.94. The largest absolute Gasteiger partial charge is 0.463 e. The van der Waals surface area contributed by atoms with Gasteiger partial charge in [0, 0.05) is 16.1 Å². The molecule has 0 bridgehead atoms. The average Bonchev–Trinajstić information content (AvgIpc) is 2.70. The molecule has 0 spiro atoms. The smallest absolute Gasteiger partial charge is 0.399 e. The van der Waals surface area contributed by atoms with E-state index >= 15 is 4.39 Å². The van der Waals surface area contributed by atoms with E-state index in [1.165, 1.54) is 26.9 Å². The highest BCUT2D eigenvalue weighted by atomic mass is 79.9. The van der Waals surface area contributed by atoms with Crippen LogP contribution in [0.15, 0.2) is 53.4 Å². The number of hydrogen-bond acceptors (Lipinski definition) is 2. The first-order chi connectivity index (χ1) is 15.6. The second-order valence-electron chi connectivity index (χ2n) is 6.72. The van der Waals surface area contributed by atoms with Crippen LogP contribution >= 0.6 is 23.3 Å². The molecule has 0 heterocycles. The van der Waals surface area contributed by atoms with Crippen LogP contribution < -0.4 is 11.1 Å². The predicted molar refractivity (Wildman–Crippen MR) is 107 cm³/mol. The van der Waals surface area contributed by atoms with Gasteiger partial charge in [0.05, 0.1) is 5.69 Å². The molecule has 1 unspecified atom stereocenters. The van der Waals surface area contributed by atoms with Gasteiger partial charge in [-0.15, -0.1) is 0 Å². The molecule has 2 aromatic rings. The Morgan fingerprint density at radius 3 is 1.74 bits per heavy atom. The number of nitrogen functional groups attached to an aromatic ring is 1. The lowest BCUT2D eigenvalue weighted by atomic mass is 10.2. The summed E-state index contributed by atoms with van der Waals surface area (Å²) < 4.78 is 165. The Balaban J connectivity index is 2.92. The summed E-state index contributed by atoms with van der Waals surface area (Å²) in [6.45, 7) is 0. The summed E-state index contributed by atoms with van der Waals surface area (Å²) in [5.74, 6) is -1.36. The van der Waals surface area contributed by atoms with Crippen molar-refractivity contribution in [1.29, 1.82) is 0 Å². The van der Waals surface area contributed by atoms with Crippen molar-refractivity contribution in [1.82, 2.24) is 0 Å². The SMILES string of the molecule is Nc1cccc(C(=O)Nc2ccccc2S(Br)(C(F)(F)C(F)(F)F)C(F)(C(F)(F)F)C(F)(F)F)c1. The van der Waals surface area contributed by atoms with Crippen molar-refractivity contribution in [2.24, 2.45) is 0 Å². The minimum absolute atomic E-state index is 0.00941. The molecule has 35 heavy (non-hydrogen) atoms. The van der Waals surface area contributed by atoms with Crippen molar-refractivity contribution in [2.75, 3.05) is 11.1 Å². The van der Waals surface area contributed by atoms with Crippen molar-refractivity contribution < 1.29 is 57.5 Å². The number of rotatable bonds is 5. The Hall–Kier alpha value is -2.30. The summed E-state index contributed by atoms with van der Waals surface area (Å²) in [6, 6.07) is 6.17. The normalized spacial score (nSPS) is 16.4. The molecular formula is C18H11BrF12N2OS. The van der Waals surface area contributed by atoms with E-state index in [-0.39, 0.29) is 11.8 Å². The number of para-hydroxylation sites is 1. The number of benzene rings is 2. The van der Waals surface area contributed by atoms with Gasteiger partial charge in [0.1, 0.15) is 0 Å². The lowest BCUT2D eigenvalue weighted by Gasteiger charge is -2.50. The summed E-state index contributed by atoms with van der Waals surface area (Å²) in [7, 11) is -7.18. The van der Waals surface area contributed by atoms with Crippen LogP contribution in [-0.2, 0) is 0 Å². The number of anilines is 2. The number of carbonyl (C=O) groups excluding carboxylic acids is 1. The van der Waals surface area contributed by atoms with Gasteiger partial charge in [-0.2, -0.15) is 48.3 Å². The van der Waals surface area contributed by atoms with Gasteiger partial charge in [0.25, 0.3) is 5.91 Å². The standard InChI is InChI=1S/C18H11BrF12N2OS/c19-35(18(30,31)17(27,28)29,14(20,15(21,22)23)16(24,25)26)12-7-2-1-6-11(12)33-13(34)9-4-3-5-10(32)8-9/h1-8H,32H2,(H,33,34). The Labute approximate surface area is 197 Å². The molecule has 0 saturated heterocycles.